The van der Waals surface area contributed by atoms with Gasteiger partial charge in [0.2, 0.25) is 8.32 Å². The Labute approximate surface area is 244 Å². The van der Waals surface area contributed by atoms with Gasteiger partial charge in [-0.05, 0) is 95.2 Å². The Morgan fingerprint density at radius 3 is 1.51 bits per heavy atom. The molecule has 226 valence electrons. The van der Waals surface area contributed by atoms with E-state index in [-0.39, 0.29) is 4.90 Å². The van der Waals surface area contributed by atoms with Crippen molar-refractivity contribution >= 4 is 40.1 Å². The normalized spacial score (nSPS) is 13.1. The monoisotopic (exact) mass is 628 g/mol. The molecule has 0 fully saturated rings. The van der Waals surface area contributed by atoms with Crippen molar-refractivity contribution in [3.05, 3.63) is 72.8 Å². The van der Waals surface area contributed by atoms with E-state index in [1.54, 1.807) is 72.8 Å². The van der Waals surface area contributed by atoms with Gasteiger partial charge in [-0.2, -0.15) is 25.2 Å². The fourth-order valence-electron chi connectivity index (χ4n) is 4.50. The summed E-state index contributed by atoms with van der Waals surface area (Å²) in [5, 5.41) is 0. The van der Waals surface area contributed by atoms with Gasteiger partial charge in [0.05, 0.1) is 0 Å². The van der Waals surface area contributed by atoms with Crippen molar-refractivity contribution in [1.82, 2.24) is 0 Å². The smallest absolute Gasteiger partial charge is 0.524 e. The van der Waals surface area contributed by atoms with Crippen LogP contribution in [0.1, 0.15) is 20.8 Å². The van der Waals surface area contributed by atoms with Gasteiger partial charge in [-0.3, -0.25) is 0 Å². The Kier molecular flexibility index (Phi) is 10.2. The summed E-state index contributed by atoms with van der Waals surface area (Å²) in [5.41, 5.74) is -4.03. The van der Waals surface area contributed by atoms with Gasteiger partial charge >= 0.3 is 15.6 Å². The van der Waals surface area contributed by atoms with Gasteiger partial charge in [-0.1, -0.05) is 26.8 Å². The third kappa shape index (κ3) is 6.87. The highest BCUT2D eigenvalue weighted by Crippen LogP contribution is 2.71. The molecular weight excluding hydrogens is 590 g/mol. The van der Waals surface area contributed by atoms with Crippen molar-refractivity contribution in [2.45, 2.75) is 59.1 Å². The number of hydrogen-bond donors (Lipinski definition) is 0. The summed E-state index contributed by atoms with van der Waals surface area (Å²) in [4.78, 5) is 4.58. The standard InChI is InChI=1S/C29H39F3N2O4S2Si/c1-8-41(9-2,10-3)37-25-12-11-13-28(22-25)39(38-40(35,36)29(30,31)32,26-18-14-23(15-19-26)33(4)5)27-20-16-24(17-21-27)34(6)7/h11-22H,8-10H2,1-7H3. The number of halogens is 3. The van der Waals surface area contributed by atoms with Gasteiger partial charge in [0.15, 0.2) is 0 Å². The van der Waals surface area contributed by atoms with Gasteiger partial charge < -0.3 is 14.2 Å². The molecule has 12 heteroatoms. The highest BCUT2D eigenvalue weighted by atomic mass is 32.3. The van der Waals surface area contributed by atoms with Crippen LogP contribution in [0.25, 0.3) is 0 Å². The van der Waals surface area contributed by atoms with Crippen LogP contribution >= 0.6 is 10.3 Å². The second kappa shape index (κ2) is 12.7. The maximum Gasteiger partial charge on any atom is 0.524 e. The van der Waals surface area contributed by atoms with E-state index in [1.165, 1.54) is 0 Å². The quantitative estimate of drug-likeness (QED) is 0.149. The Morgan fingerprint density at radius 2 is 1.15 bits per heavy atom. The van der Waals surface area contributed by atoms with Gasteiger partial charge in [0.1, 0.15) is 5.75 Å². The van der Waals surface area contributed by atoms with Crippen LogP contribution in [0.15, 0.2) is 87.5 Å². The molecule has 0 spiro atoms. The highest BCUT2D eigenvalue weighted by Gasteiger charge is 2.52. The Balaban J connectivity index is 2.40. The topological polar surface area (TPSA) is 59.1 Å². The summed E-state index contributed by atoms with van der Waals surface area (Å²) in [6, 6.07) is 22.7. The molecule has 3 aromatic carbocycles. The first-order chi connectivity index (χ1) is 19.1. The zero-order valence-electron chi connectivity index (χ0n) is 24.5. The van der Waals surface area contributed by atoms with Crippen LogP contribution in [-0.2, 0) is 13.7 Å². The fraction of sp³-hybridized carbons (Fsp3) is 0.379. The molecule has 0 unspecified atom stereocenters. The van der Waals surface area contributed by atoms with Crippen molar-refractivity contribution in [1.29, 1.82) is 0 Å². The lowest BCUT2D eigenvalue weighted by atomic mass is 10.3. The minimum Gasteiger partial charge on any atom is -0.543 e. The lowest BCUT2D eigenvalue weighted by Crippen LogP contribution is -2.39. The second-order valence-corrected chi connectivity index (χ2v) is 19.3. The van der Waals surface area contributed by atoms with Gasteiger partial charge in [0, 0.05) is 54.3 Å². The second-order valence-electron chi connectivity index (χ2n) is 10.1. The first kappa shape index (κ1) is 32.8. The zero-order chi connectivity index (χ0) is 30.6. The summed E-state index contributed by atoms with van der Waals surface area (Å²) >= 11 is 0. The number of nitrogens with zero attached hydrogens (tertiary/aromatic N) is 2. The van der Waals surface area contributed by atoms with Crippen LogP contribution in [0.2, 0.25) is 18.1 Å². The van der Waals surface area contributed by atoms with Crippen molar-refractivity contribution in [2.75, 3.05) is 38.0 Å². The Hall–Kier alpha value is -2.67. The average Bonchev–Trinajstić information content (AvgIpc) is 2.94. The van der Waals surface area contributed by atoms with Gasteiger partial charge in [-0.15, -0.1) is 0 Å². The van der Waals surface area contributed by atoms with E-state index in [4.69, 9.17) is 8.06 Å². The molecule has 0 aliphatic heterocycles. The van der Waals surface area contributed by atoms with Crippen molar-refractivity contribution < 1.29 is 29.6 Å². The fourth-order valence-corrected chi connectivity index (χ4v) is 11.8. The summed E-state index contributed by atoms with van der Waals surface area (Å²) < 4.78 is 79.6. The number of rotatable bonds is 12. The first-order valence-corrected chi connectivity index (χ1v) is 18.8. The summed E-state index contributed by atoms with van der Waals surface area (Å²) in [5.74, 6) is 0.486. The highest BCUT2D eigenvalue weighted by molar-refractivity contribution is 8.33. The molecule has 0 saturated heterocycles. The summed E-state index contributed by atoms with van der Waals surface area (Å²) in [7, 11) is -4.30. The predicted octanol–water partition coefficient (Wildman–Crippen LogP) is 8.27. The van der Waals surface area contributed by atoms with Crippen molar-refractivity contribution in [3.63, 3.8) is 0 Å². The molecule has 0 saturated carbocycles. The number of anilines is 2. The molecule has 0 aliphatic carbocycles. The van der Waals surface area contributed by atoms with E-state index >= 15 is 0 Å². The van der Waals surface area contributed by atoms with Crippen LogP contribution in [0.5, 0.6) is 5.75 Å². The van der Waals surface area contributed by atoms with Gasteiger partial charge in [0.25, 0.3) is 0 Å². The number of hydrogen-bond acceptors (Lipinski definition) is 6. The first-order valence-electron chi connectivity index (χ1n) is 13.3. The van der Waals surface area contributed by atoms with E-state index in [2.05, 4.69) is 20.8 Å². The largest absolute Gasteiger partial charge is 0.543 e. The van der Waals surface area contributed by atoms with Gasteiger partial charge in [-0.25, -0.2) is 0 Å². The maximum absolute atomic E-state index is 14.0. The molecule has 0 atom stereocenters. The van der Waals surface area contributed by atoms with Crippen LogP contribution in [0.3, 0.4) is 0 Å². The molecule has 0 radical (unpaired) electrons. The lowest BCUT2D eigenvalue weighted by Gasteiger charge is -2.40. The van der Waals surface area contributed by atoms with E-state index in [0.29, 0.717) is 15.5 Å². The van der Waals surface area contributed by atoms with Crippen LogP contribution in [0, 0.1) is 0 Å². The summed E-state index contributed by atoms with van der Waals surface area (Å²) in [6.07, 6.45) is 0. The molecule has 0 heterocycles. The van der Waals surface area contributed by atoms with E-state index < -0.39 is 34.3 Å². The van der Waals surface area contributed by atoms with Crippen molar-refractivity contribution in [3.8, 4) is 5.75 Å². The lowest BCUT2D eigenvalue weighted by molar-refractivity contribution is -0.0496. The van der Waals surface area contributed by atoms with E-state index in [9.17, 15) is 21.6 Å². The average molecular weight is 629 g/mol. The van der Waals surface area contributed by atoms with Crippen LogP contribution in [0.4, 0.5) is 24.5 Å². The Morgan fingerprint density at radius 1 is 0.707 bits per heavy atom. The maximum atomic E-state index is 14.0. The van der Waals surface area contributed by atoms with Crippen molar-refractivity contribution in [2.24, 2.45) is 0 Å². The predicted molar refractivity (Wildman–Crippen MR) is 164 cm³/mol. The summed E-state index contributed by atoms with van der Waals surface area (Å²) in [6.45, 7) is 6.24. The molecule has 0 aliphatic rings. The molecule has 41 heavy (non-hydrogen) atoms. The SMILES string of the molecule is CC[Si](CC)(CC)Oc1cccc(S(OS(=O)(=O)C(F)(F)F)(c2ccc(N(C)C)cc2)c2ccc(N(C)C)cc2)c1. The molecule has 0 aromatic heterocycles. The number of benzene rings is 3. The molecule has 0 N–H and O–H groups in total. The molecule has 3 rings (SSSR count). The van der Waals surface area contributed by atoms with E-state index in [1.807, 2.05) is 38.0 Å². The van der Waals surface area contributed by atoms with Crippen LogP contribution < -0.4 is 14.2 Å². The molecule has 0 bridgehead atoms. The van der Waals surface area contributed by atoms with E-state index in [0.717, 1.165) is 29.5 Å². The molecule has 3 aromatic rings. The molecule has 6 nitrogen and oxygen atoms in total. The third-order valence-electron chi connectivity index (χ3n) is 7.25. The minimum absolute atomic E-state index is 0.282. The molecule has 0 amide bonds. The Bertz CT molecular complexity index is 1350. The molecular formula is C29H39F3N2O4S2Si. The van der Waals surface area contributed by atoms with Crippen LogP contribution in [-0.4, -0.2) is 50.4 Å². The number of alkyl halides is 3. The minimum atomic E-state index is -6.03. The third-order valence-corrected chi connectivity index (χ3v) is 16.7. The zero-order valence-corrected chi connectivity index (χ0v) is 27.2.